The van der Waals surface area contributed by atoms with E-state index in [9.17, 15) is 14.7 Å². The minimum atomic E-state index is -0.933. The Morgan fingerprint density at radius 1 is 1.05 bits per heavy atom. The van der Waals surface area contributed by atoms with E-state index in [1.165, 1.54) is 16.2 Å². The van der Waals surface area contributed by atoms with Crippen LogP contribution in [0.15, 0.2) is 53.5 Å². The zero-order valence-corrected chi connectivity index (χ0v) is 22.7. The van der Waals surface area contributed by atoms with E-state index in [0.717, 1.165) is 19.3 Å². The van der Waals surface area contributed by atoms with Crippen molar-refractivity contribution in [3.63, 3.8) is 0 Å². The fraction of sp³-hybridized carbons (Fsp3) is 0.345. The first-order valence-corrected chi connectivity index (χ1v) is 13.9. The molecule has 204 valence electrons. The lowest BCUT2D eigenvalue weighted by atomic mass is 9.95. The summed E-state index contributed by atoms with van der Waals surface area (Å²) in [5.41, 5.74) is 0.862. The number of carbonyl (C=O) groups is 2. The number of aliphatic hydroxyl groups excluding tert-OH is 1. The van der Waals surface area contributed by atoms with Gasteiger partial charge in [-0.15, -0.1) is 11.3 Å². The summed E-state index contributed by atoms with van der Waals surface area (Å²) in [4.78, 5) is 32.4. The number of aromatic nitrogens is 1. The lowest BCUT2D eigenvalue weighted by molar-refractivity contribution is -0.132. The molecule has 3 aromatic rings. The number of unbranched alkanes of at least 4 members (excludes halogenated alkanes) is 2. The van der Waals surface area contributed by atoms with Gasteiger partial charge in [0.15, 0.2) is 28.1 Å². The first-order valence-electron chi connectivity index (χ1n) is 13.0. The number of ketones is 1. The van der Waals surface area contributed by atoms with Crippen molar-refractivity contribution in [2.24, 2.45) is 0 Å². The summed E-state index contributed by atoms with van der Waals surface area (Å²) in [5.74, 6) is 0.192. The molecule has 1 saturated heterocycles. The number of fused-ring (bicyclic) bond motifs is 1. The van der Waals surface area contributed by atoms with E-state index in [1.54, 1.807) is 48.0 Å². The molecule has 3 heterocycles. The summed E-state index contributed by atoms with van der Waals surface area (Å²) in [5, 5.41) is 13.5. The molecule has 0 spiro atoms. The molecule has 9 nitrogen and oxygen atoms in total. The van der Waals surface area contributed by atoms with Gasteiger partial charge in [-0.2, -0.15) is 0 Å². The maximum absolute atomic E-state index is 13.4. The fourth-order valence-electron chi connectivity index (χ4n) is 4.64. The number of thiazole rings is 1. The molecule has 2 aliphatic heterocycles. The van der Waals surface area contributed by atoms with E-state index in [2.05, 4.69) is 11.9 Å². The molecule has 0 saturated carbocycles. The first kappa shape index (κ1) is 26.6. The predicted molar refractivity (Wildman–Crippen MR) is 147 cm³/mol. The number of carbonyl (C=O) groups excluding carboxylic acids is 2. The Balaban J connectivity index is 1.60. The summed E-state index contributed by atoms with van der Waals surface area (Å²) in [6, 6.07) is 9.30. The zero-order chi connectivity index (χ0) is 27.4. The second kappa shape index (κ2) is 11.8. The molecule has 1 amide bonds. The van der Waals surface area contributed by atoms with Crippen LogP contribution in [0.2, 0.25) is 0 Å². The number of hydrogen-bond donors (Lipinski definition) is 1. The largest absolute Gasteiger partial charge is 0.507 e. The number of hydrogen-bond acceptors (Lipinski definition) is 9. The SMILES string of the molecule is CCCCCOc1ccc(C2/C(=C(\O)c3ccc4c(c3)OCCO4)C(=O)C(=O)N2c2nccs2)cc1OCC. The topological polar surface area (TPSA) is 107 Å². The Hall–Kier alpha value is -4.05. The minimum absolute atomic E-state index is 0.0501. The summed E-state index contributed by atoms with van der Waals surface area (Å²) in [6.45, 7) is 5.76. The highest BCUT2D eigenvalue weighted by molar-refractivity contribution is 7.14. The third-order valence-corrected chi connectivity index (χ3v) is 7.24. The van der Waals surface area contributed by atoms with Gasteiger partial charge in [-0.1, -0.05) is 25.8 Å². The van der Waals surface area contributed by atoms with Crippen molar-refractivity contribution < 1.29 is 33.6 Å². The van der Waals surface area contributed by atoms with Gasteiger partial charge in [0.2, 0.25) is 0 Å². The first-order chi connectivity index (χ1) is 19.0. The van der Waals surface area contributed by atoms with Crippen LogP contribution in [-0.2, 0) is 9.59 Å². The quantitative estimate of drug-likeness (QED) is 0.152. The van der Waals surface area contributed by atoms with Gasteiger partial charge in [-0.3, -0.25) is 14.5 Å². The van der Waals surface area contributed by atoms with Gasteiger partial charge >= 0.3 is 5.91 Å². The number of anilines is 1. The lowest BCUT2D eigenvalue weighted by Gasteiger charge is -2.24. The number of aliphatic hydroxyl groups is 1. The van der Waals surface area contributed by atoms with Gasteiger partial charge in [-0.05, 0) is 49.2 Å². The molecule has 5 rings (SSSR count). The van der Waals surface area contributed by atoms with E-state index in [0.29, 0.717) is 65.7 Å². The Morgan fingerprint density at radius 2 is 1.87 bits per heavy atom. The lowest BCUT2D eigenvalue weighted by Crippen LogP contribution is -2.29. The third kappa shape index (κ3) is 5.29. The number of Topliss-reactive ketones (excluding diaryl/α,β-unsaturated/α-hetero) is 1. The molecule has 1 aromatic heterocycles. The summed E-state index contributed by atoms with van der Waals surface area (Å²) < 4.78 is 23.1. The molecule has 0 radical (unpaired) electrons. The van der Waals surface area contributed by atoms with Crippen molar-refractivity contribution in [2.75, 3.05) is 31.3 Å². The molecular weight excluding hydrogens is 520 g/mol. The van der Waals surface area contributed by atoms with E-state index in [4.69, 9.17) is 18.9 Å². The summed E-state index contributed by atoms with van der Waals surface area (Å²) >= 11 is 1.23. The van der Waals surface area contributed by atoms with Crippen LogP contribution in [0.1, 0.15) is 50.3 Å². The van der Waals surface area contributed by atoms with Gasteiger partial charge in [0.1, 0.15) is 19.0 Å². The molecule has 2 aliphatic rings. The molecule has 2 aromatic carbocycles. The second-order valence-electron chi connectivity index (χ2n) is 9.04. The molecule has 1 unspecified atom stereocenters. The fourth-order valence-corrected chi connectivity index (χ4v) is 5.31. The molecule has 0 bridgehead atoms. The summed E-state index contributed by atoms with van der Waals surface area (Å²) in [6.07, 6.45) is 4.63. The van der Waals surface area contributed by atoms with Gasteiger partial charge in [-0.25, -0.2) is 4.98 Å². The van der Waals surface area contributed by atoms with Crippen molar-refractivity contribution in [1.82, 2.24) is 4.98 Å². The second-order valence-corrected chi connectivity index (χ2v) is 9.91. The van der Waals surface area contributed by atoms with E-state index in [-0.39, 0.29) is 11.3 Å². The highest BCUT2D eigenvalue weighted by atomic mass is 32.1. The van der Waals surface area contributed by atoms with Crippen LogP contribution in [0.4, 0.5) is 5.13 Å². The molecule has 1 fully saturated rings. The molecular formula is C29H30N2O7S. The van der Waals surface area contributed by atoms with Crippen molar-refractivity contribution in [1.29, 1.82) is 0 Å². The van der Waals surface area contributed by atoms with Crippen molar-refractivity contribution in [2.45, 2.75) is 39.2 Å². The number of rotatable bonds is 10. The van der Waals surface area contributed by atoms with Gasteiger partial charge in [0.25, 0.3) is 5.78 Å². The van der Waals surface area contributed by atoms with Crippen LogP contribution < -0.4 is 23.8 Å². The van der Waals surface area contributed by atoms with Gasteiger partial charge in [0.05, 0.1) is 24.8 Å². The Kier molecular flexibility index (Phi) is 8.02. The number of benzene rings is 2. The van der Waals surface area contributed by atoms with Crippen molar-refractivity contribution >= 4 is 33.9 Å². The number of nitrogens with zero attached hydrogens (tertiary/aromatic N) is 2. The van der Waals surface area contributed by atoms with Crippen LogP contribution in [0.3, 0.4) is 0 Å². The van der Waals surface area contributed by atoms with Crippen molar-refractivity contribution in [3.05, 3.63) is 64.7 Å². The maximum Gasteiger partial charge on any atom is 0.301 e. The highest BCUT2D eigenvalue weighted by Crippen LogP contribution is 2.45. The van der Waals surface area contributed by atoms with E-state index >= 15 is 0 Å². The Labute approximate surface area is 230 Å². The van der Waals surface area contributed by atoms with Crippen LogP contribution in [0.25, 0.3) is 5.76 Å². The molecule has 1 atom stereocenters. The highest BCUT2D eigenvalue weighted by Gasteiger charge is 2.48. The zero-order valence-electron chi connectivity index (χ0n) is 21.8. The molecule has 1 N–H and O–H groups in total. The predicted octanol–water partition coefficient (Wildman–Crippen LogP) is 5.51. The Bertz CT molecular complexity index is 1390. The normalized spacial score (nSPS) is 17.9. The van der Waals surface area contributed by atoms with Gasteiger partial charge < -0.3 is 24.1 Å². The Morgan fingerprint density at radius 3 is 2.62 bits per heavy atom. The van der Waals surface area contributed by atoms with Crippen LogP contribution in [-0.4, -0.2) is 48.2 Å². The minimum Gasteiger partial charge on any atom is -0.507 e. The maximum atomic E-state index is 13.4. The van der Waals surface area contributed by atoms with Gasteiger partial charge in [0, 0.05) is 17.1 Å². The molecule has 39 heavy (non-hydrogen) atoms. The van der Waals surface area contributed by atoms with Crippen LogP contribution in [0, 0.1) is 0 Å². The summed E-state index contributed by atoms with van der Waals surface area (Å²) in [7, 11) is 0. The number of amides is 1. The molecule has 10 heteroatoms. The van der Waals surface area contributed by atoms with E-state index in [1.807, 2.05) is 6.92 Å². The van der Waals surface area contributed by atoms with E-state index < -0.39 is 17.7 Å². The van der Waals surface area contributed by atoms with Crippen LogP contribution in [0.5, 0.6) is 23.0 Å². The van der Waals surface area contributed by atoms with Crippen LogP contribution >= 0.6 is 11.3 Å². The number of ether oxygens (including phenoxy) is 4. The average Bonchev–Trinajstić information content (AvgIpc) is 3.57. The smallest absolute Gasteiger partial charge is 0.301 e. The average molecular weight is 551 g/mol. The molecule has 0 aliphatic carbocycles. The van der Waals surface area contributed by atoms with Crippen molar-refractivity contribution in [3.8, 4) is 23.0 Å². The third-order valence-electron chi connectivity index (χ3n) is 6.47. The monoisotopic (exact) mass is 550 g/mol. The standard InChI is InChI=1S/C29H30N2O7S/c1-3-5-6-12-36-20-9-7-18(16-22(20)35-4-2)25-24(27(33)28(34)31(25)29-30-11-15-39-29)26(32)19-8-10-21-23(17-19)38-14-13-37-21/h7-11,15-17,25,32H,3-6,12-14H2,1-2H3/b26-24+.